The van der Waals surface area contributed by atoms with Crippen molar-refractivity contribution in [1.29, 1.82) is 0 Å². The van der Waals surface area contributed by atoms with E-state index in [1.165, 1.54) is 4.31 Å². The molecule has 0 bridgehead atoms. The standard InChI is InChI=1S/C19H29N3O3S.ClH/c1-3-20-14-16-7-10-21(11-8-16)19(23)18-6-5-17(13-15(18)2)22-9-4-12-26(22,24)25;/h5-6,13,16,20H,3-4,7-12,14H2,1-2H3;1H. The van der Waals surface area contributed by atoms with Gasteiger partial charge in [-0.15, -0.1) is 12.4 Å². The summed E-state index contributed by atoms with van der Waals surface area (Å²) in [6.45, 7) is 8.10. The molecule has 2 aliphatic rings. The van der Waals surface area contributed by atoms with Crippen molar-refractivity contribution in [2.45, 2.75) is 33.1 Å². The van der Waals surface area contributed by atoms with Gasteiger partial charge in [0.05, 0.1) is 11.4 Å². The summed E-state index contributed by atoms with van der Waals surface area (Å²) in [5, 5.41) is 3.39. The summed E-state index contributed by atoms with van der Waals surface area (Å²) in [6, 6.07) is 5.38. The molecule has 2 aliphatic heterocycles. The molecule has 0 aromatic heterocycles. The molecule has 2 heterocycles. The third-order valence-corrected chi connectivity index (χ3v) is 7.28. The number of halogens is 1. The summed E-state index contributed by atoms with van der Waals surface area (Å²) in [5.41, 5.74) is 2.18. The Hall–Kier alpha value is -1.31. The molecule has 2 fully saturated rings. The minimum Gasteiger partial charge on any atom is -0.339 e. The first-order chi connectivity index (χ1) is 12.4. The Morgan fingerprint density at radius 2 is 1.93 bits per heavy atom. The van der Waals surface area contributed by atoms with Gasteiger partial charge in [-0.25, -0.2) is 8.42 Å². The van der Waals surface area contributed by atoms with Crippen molar-refractivity contribution in [3.8, 4) is 0 Å². The van der Waals surface area contributed by atoms with Crippen LogP contribution in [0.3, 0.4) is 0 Å². The number of nitrogens with zero attached hydrogens (tertiary/aromatic N) is 2. The first-order valence-electron chi connectivity index (χ1n) is 9.53. The monoisotopic (exact) mass is 415 g/mol. The van der Waals surface area contributed by atoms with Crippen molar-refractivity contribution >= 4 is 34.0 Å². The van der Waals surface area contributed by atoms with Gasteiger partial charge in [0.1, 0.15) is 0 Å². The van der Waals surface area contributed by atoms with E-state index < -0.39 is 10.0 Å². The summed E-state index contributed by atoms with van der Waals surface area (Å²) in [7, 11) is -3.19. The summed E-state index contributed by atoms with van der Waals surface area (Å²) < 4.78 is 25.6. The molecule has 8 heteroatoms. The minimum atomic E-state index is -3.19. The molecule has 1 aromatic carbocycles. The number of nitrogens with one attached hydrogen (secondary N) is 1. The van der Waals surface area contributed by atoms with E-state index in [4.69, 9.17) is 0 Å². The molecule has 0 saturated carbocycles. The molecule has 0 aliphatic carbocycles. The van der Waals surface area contributed by atoms with Crippen LogP contribution in [0.1, 0.15) is 42.1 Å². The highest BCUT2D eigenvalue weighted by Gasteiger charge is 2.29. The molecular weight excluding hydrogens is 386 g/mol. The van der Waals surface area contributed by atoms with Gasteiger partial charge in [0, 0.05) is 25.2 Å². The molecule has 0 radical (unpaired) electrons. The highest BCUT2D eigenvalue weighted by molar-refractivity contribution is 7.93. The van der Waals surface area contributed by atoms with Crippen LogP contribution < -0.4 is 9.62 Å². The number of carbonyl (C=O) groups is 1. The van der Waals surface area contributed by atoms with Crippen molar-refractivity contribution in [3.63, 3.8) is 0 Å². The maximum Gasteiger partial charge on any atom is 0.254 e. The average molecular weight is 416 g/mol. The maximum atomic E-state index is 12.9. The van der Waals surface area contributed by atoms with Crippen LogP contribution in [0, 0.1) is 12.8 Å². The number of amides is 1. The molecule has 1 N–H and O–H groups in total. The molecular formula is C19H30ClN3O3S. The largest absolute Gasteiger partial charge is 0.339 e. The Morgan fingerprint density at radius 1 is 1.22 bits per heavy atom. The average Bonchev–Trinajstić information content (AvgIpc) is 2.99. The SMILES string of the molecule is CCNCC1CCN(C(=O)c2ccc(N3CCCS3(=O)=O)cc2C)CC1.Cl. The van der Waals surface area contributed by atoms with Crippen LogP contribution in [0.4, 0.5) is 5.69 Å². The third-order valence-electron chi connectivity index (χ3n) is 5.41. The van der Waals surface area contributed by atoms with Crippen molar-refractivity contribution in [1.82, 2.24) is 10.2 Å². The number of aryl methyl sites for hydroxylation is 1. The van der Waals surface area contributed by atoms with E-state index in [0.29, 0.717) is 30.1 Å². The highest BCUT2D eigenvalue weighted by Crippen LogP contribution is 2.27. The zero-order chi connectivity index (χ0) is 18.7. The van der Waals surface area contributed by atoms with Crippen LogP contribution in [0.2, 0.25) is 0 Å². The Bertz CT molecular complexity index is 761. The fourth-order valence-electron chi connectivity index (χ4n) is 3.83. The Kier molecular flexibility index (Phi) is 7.54. The van der Waals surface area contributed by atoms with Crippen LogP contribution in [0.25, 0.3) is 0 Å². The van der Waals surface area contributed by atoms with Crippen LogP contribution in [0.15, 0.2) is 18.2 Å². The van der Waals surface area contributed by atoms with Crippen LogP contribution >= 0.6 is 12.4 Å². The zero-order valence-electron chi connectivity index (χ0n) is 16.1. The summed E-state index contributed by atoms with van der Waals surface area (Å²) in [6.07, 6.45) is 2.72. The number of hydrogen-bond donors (Lipinski definition) is 1. The molecule has 152 valence electrons. The van der Waals surface area contributed by atoms with Crippen molar-refractivity contribution in [3.05, 3.63) is 29.3 Å². The van der Waals surface area contributed by atoms with Gasteiger partial charge in [-0.1, -0.05) is 6.92 Å². The van der Waals surface area contributed by atoms with Gasteiger partial charge >= 0.3 is 0 Å². The second-order valence-corrected chi connectivity index (χ2v) is 9.30. The molecule has 0 unspecified atom stereocenters. The van der Waals surface area contributed by atoms with Gasteiger partial charge in [-0.3, -0.25) is 9.10 Å². The third kappa shape index (κ3) is 4.95. The van der Waals surface area contributed by atoms with E-state index in [2.05, 4.69) is 12.2 Å². The lowest BCUT2D eigenvalue weighted by Crippen LogP contribution is -2.41. The molecule has 2 saturated heterocycles. The topological polar surface area (TPSA) is 69.7 Å². The second-order valence-electron chi connectivity index (χ2n) is 7.28. The first kappa shape index (κ1) is 22.0. The van der Waals surface area contributed by atoms with Gasteiger partial charge in [-0.2, -0.15) is 0 Å². The lowest BCUT2D eigenvalue weighted by atomic mass is 9.95. The number of anilines is 1. The van der Waals surface area contributed by atoms with E-state index >= 15 is 0 Å². The summed E-state index contributed by atoms with van der Waals surface area (Å²) in [5.74, 6) is 0.900. The number of piperidine rings is 1. The predicted octanol–water partition coefficient (Wildman–Crippen LogP) is 2.42. The smallest absolute Gasteiger partial charge is 0.254 e. The van der Waals surface area contributed by atoms with Crippen molar-refractivity contribution in [2.75, 3.05) is 42.8 Å². The van der Waals surface area contributed by atoms with E-state index in [1.807, 2.05) is 17.9 Å². The number of benzene rings is 1. The highest BCUT2D eigenvalue weighted by atomic mass is 35.5. The van der Waals surface area contributed by atoms with Crippen molar-refractivity contribution < 1.29 is 13.2 Å². The second kappa shape index (κ2) is 9.26. The van der Waals surface area contributed by atoms with E-state index in [1.54, 1.807) is 12.1 Å². The molecule has 6 nitrogen and oxygen atoms in total. The maximum absolute atomic E-state index is 12.9. The number of rotatable bonds is 5. The number of sulfonamides is 1. The van der Waals surface area contributed by atoms with Gasteiger partial charge in [0.15, 0.2) is 0 Å². The molecule has 27 heavy (non-hydrogen) atoms. The lowest BCUT2D eigenvalue weighted by Gasteiger charge is -2.32. The minimum absolute atomic E-state index is 0. The van der Waals surface area contributed by atoms with Crippen molar-refractivity contribution in [2.24, 2.45) is 5.92 Å². The van der Waals surface area contributed by atoms with E-state index in [9.17, 15) is 13.2 Å². The van der Waals surface area contributed by atoms with Crippen LogP contribution in [-0.2, 0) is 10.0 Å². The predicted molar refractivity (Wildman–Crippen MR) is 111 cm³/mol. The number of likely N-dealkylation sites (tertiary alicyclic amines) is 1. The zero-order valence-corrected chi connectivity index (χ0v) is 17.7. The molecule has 1 amide bonds. The fraction of sp³-hybridized carbons (Fsp3) is 0.632. The Labute approximate surface area is 168 Å². The molecule has 3 rings (SSSR count). The van der Waals surface area contributed by atoms with Gasteiger partial charge in [0.2, 0.25) is 10.0 Å². The number of hydrogen-bond acceptors (Lipinski definition) is 4. The van der Waals surface area contributed by atoms with Crippen LogP contribution in [0.5, 0.6) is 0 Å². The van der Waals surface area contributed by atoms with E-state index in [0.717, 1.165) is 44.6 Å². The number of carbonyl (C=O) groups excluding carboxylic acids is 1. The van der Waals surface area contributed by atoms with Gasteiger partial charge in [0.25, 0.3) is 5.91 Å². The Morgan fingerprint density at radius 3 is 2.48 bits per heavy atom. The first-order valence-corrected chi connectivity index (χ1v) is 11.1. The molecule has 1 aromatic rings. The fourth-order valence-corrected chi connectivity index (χ4v) is 5.39. The summed E-state index contributed by atoms with van der Waals surface area (Å²) >= 11 is 0. The quantitative estimate of drug-likeness (QED) is 0.801. The normalized spacial score (nSPS) is 19.8. The lowest BCUT2D eigenvalue weighted by molar-refractivity contribution is 0.0689. The van der Waals surface area contributed by atoms with E-state index in [-0.39, 0.29) is 24.1 Å². The molecule has 0 atom stereocenters. The molecule has 0 spiro atoms. The van der Waals surface area contributed by atoms with Gasteiger partial charge < -0.3 is 10.2 Å². The van der Waals surface area contributed by atoms with Crippen LogP contribution in [-0.4, -0.2) is 57.7 Å². The van der Waals surface area contributed by atoms with Gasteiger partial charge in [-0.05, 0) is 69.0 Å². The Balaban J connectivity index is 0.00000261. The summed E-state index contributed by atoms with van der Waals surface area (Å²) in [4.78, 5) is 14.8.